The lowest BCUT2D eigenvalue weighted by atomic mass is 9.55. The zero-order valence-corrected chi connectivity index (χ0v) is 37.6. The molecule has 1 heterocycles. The number of fused-ring (bicyclic) bond motifs is 2. The van der Waals surface area contributed by atoms with Crippen molar-refractivity contribution < 1.29 is 52.9 Å². The summed E-state index contributed by atoms with van der Waals surface area (Å²) in [6.45, 7) is 4.10. The molecule has 352 valence electrons. The van der Waals surface area contributed by atoms with Crippen molar-refractivity contribution in [2.24, 2.45) is 22.9 Å². The minimum atomic E-state index is -1.59. The molecular weight excluding hydrogens is 862 g/mol. The summed E-state index contributed by atoms with van der Waals surface area (Å²) >= 11 is 0. The molecule has 1 saturated carbocycles. The normalized spacial score (nSPS) is 22.2. The second kappa shape index (κ2) is 22.2. The highest BCUT2D eigenvalue weighted by Gasteiger charge is 2.65. The molecule has 1 aliphatic heterocycles. The van der Waals surface area contributed by atoms with Crippen LogP contribution in [-0.2, 0) is 20.9 Å². The number of benzene rings is 4. The Labute approximate surface area is 389 Å². The fraction of sp³-hybridized carbons (Fsp3) is 0.365. The van der Waals surface area contributed by atoms with Gasteiger partial charge in [0.15, 0.2) is 6.29 Å². The lowest BCUT2D eigenvalue weighted by Crippen LogP contribution is -2.70. The molecule has 0 saturated heterocycles. The first-order chi connectivity index (χ1) is 32.6. The number of allylic oxidation sites excluding steroid dienone is 1. The topological polar surface area (TPSA) is 179 Å². The molecule has 6 atom stereocenters. The van der Waals surface area contributed by atoms with Gasteiger partial charge in [-0.2, -0.15) is 0 Å². The predicted molar refractivity (Wildman–Crippen MR) is 250 cm³/mol. The van der Waals surface area contributed by atoms with E-state index < -0.39 is 34.4 Å². The van der Waals surface area contributed by atoms with Crippen molar-refractivity contribution in [2.75, 3.05) is 34.0 Å². The van der Waals surface area contributed by atoms with Crippen molar-refractivity contribution in [2.45, 2.75) is 69.2 Å². The molecule has 2 aliphatic carbocycles. The number of aldehydes is 1. The fourth-order valence-corrected chi connectivity index (χ4v) is 9.92. The number of nitrogens with zero attached hydrogens (tertiary/aromatic N) is 3. The summed E-state index contributed by atoms with van der Waals surface area (Å²) in [5, 5.41) is 35.9. The van der Waals surface area contributed by atoms with Crippen molar-refractivity contribution >= 4 is 29.7 Å². The Balaban J connectivity index is 1.43. The molecule has 7 rings (SSSR count). The molecule has 67 heavy (non-hydrogen) atoms. The number of aliphatic hydroxyl groups excluding tert-OH is 2. The van der Waals surface area contributed by atoms with Gasteiger partial charge in [0.2, 0.25) is 11.7 Å². The molecule has 0 unspecified atom stereocenters. The van der Waals surface area contributed by atoms with Crippen LogP contribution in [0, 0.1) is 33.7 Å². The second-order valence-electron chi connectivity index (χ2n) is 16.9. The second-order valence-corrected chi connectivity index (χ2v) is 16.9. The van der Waals surface area contributed by atoms with Gasteiger partial charge in [-0.25, -0.2) is 4.39 Å². The largest absolute Gasteiger partial charge is 0.496 e. The number of amides is 1. The average molecular weight is 918 g/mol. The van der Waals surface area contributed by atoms with Crippen LogP contribution in [0.3, 0.4) is 0 Å². The van der Waals surface area contributed by atoms with Crippen LogP contribution in [0.1, 0.15) is 77.9 Å². The van der Waals surface area contributed by atoms with E-state index in [1.54, 1.807) is 65.6 Å². The molecule has 0 bridgehead atoms. The number of methoxy groups -OCH3 is 1. The molecule has 14 nitrogen and oxygen atoms in total. The summed E-state index contributed by atoms with van der Waals surface area (Å²) in [6, 6.07) is 21.3. The molecule has 3 aliphatic rings. The van der Waals surface area contributed by atoms with Gasteiger partial charge < -0.3 is 38.9 Å². The van der Waals surface area contributed by atoms with E-state index in [-0.39, 0.29) is 56.2 Å². The van der Waals surface area contributed by atoms with Gasteiger partial charge in [-0.15, -0.1) is 6.58 Å². The first-order valence-corrected chi connectivity index (χ1v) is 22.5. The van der Waals surface area contributed by atoms with Crippen LogP contribution in [0.5, 0.6) is 23.0 Å². The van der Waals surface area contributed by atoms with Crippen LogP contribution in [0.15, 0.2) is 120 Å². The highest BCUT2D eigenvalue weighted by atomic mass is 19.1. The van der Waals surface area contributed by atoms with E-state index in [1.807, 2.05) is 12.1 Å². The quantitative estimate of drug-likeness (QED) is 0.0192. The Bertz CT molecular complexity index is 2490. The number of hydrogen-bond donors (Lipinski definition) is 2. The van der Waals surface area contributed by atoms with Gasteiger partial charge in [0.05, 0.1) is 35.8 Å². The molecule has 15 heteroatoms. The third-order valence-corrected chi connectivity index (χ3v) is 12.9. The van der Waals surface area contributed by atoms with Crippen LogP contribution < -0.4 is 14.2 Å². The number of rotatable bonds is 22. The maximum Gasteiger partial charge on any atom is 0.269 e. The van der Waals surface area contributed by atoms with Gasteiger partial charge >= 0.3 is 0 Å². The molecule has 0 radical (unpaired) electrons. The Morgan fingerprint density at radius 1 is 0.985 bits per heavy atom. The van der Waals surface area contributed by atoms with Gasteiger partial charge in [0.1, 0.15) is 42.0 Å². The van der Waals surface area contributed by atoms with E-state index >= 15 is 4.79 Å². The number of ether oxygens (including phenoxy) is 4. The van der Waals surface area contributed by atoms with Gasteiger partial charge in [-0.05, 0) is 121 Å². The standard InChI is InChI=1S/C52H56FN3O11/c1-4-27-65-52-48(55(32-35-11-16-38(53)17-12-35)49(60)24-15-34-13-18-39(19-14-34)56(61)62)31-45(54-64-3)43-29-36(9-5-7-25-57)42(10-6-8-26-58)50(51(43)52)44-30-41(21-23-47(44)67-52)66-40-20-22-46(63-2)37(28-40)33-59/h4,11-24,28-30,33,36,42,48,50-51,57-58H,1,5-10,25-27,31-32H2,2-3H3/t36-,42+,48-,50+,51+,52+/m0/s1. The molecule has 2 N–H and O–H groups in total. The third-order valence-electron chi connectivity index (χ3n) is 12.9. The van der Waals surface area contributed by atoms with Gasteiger partial charge in [0, 0.05) is 55.9 Å². The van der Waals surface area contributed by atoms with Gasteiger partial charge in [-0.1, -0.05) is 42.3 Å². The fourth-order valence-electron chi connectivity index (χ4n) is 9.92. The Hall–Kier alpha value is -6.68. The maximum atomic E-state index is 15.0. The summed E-state index contributed by atoms with van der Waals surface area (Å²) in [5.74, 6) is -1.76. The van der Waals surface area contributed by atoms with Crippen LogP contribution in [0.25, 0.3) is 6.08 Å². The van der Waals surface area contributed by atoms with E-state index in [2.05, 4.69) is 17.8 Å². The number of carbonyl (C=O) groups excluding carboxylic acids is 2. The first-order valence-electron chi connectivity index (χ1n) is 22.5. The Morgan fingerprint density at radius 3 is 2.37 bits per heavy atom. The molecule has 4 aromatic rings. The molecule has 0 aromatic heterocycles. The minimum absolute atomic E-state index is 0.00161. The van der Waals surface area contributed by atoms with E-state index in [9.17, 15) is 29.5 Å². The van der Waals surface area contributed by atoms with E-state index in [0.717, 1.165) is 24.0 Å². The zero-order valence-electron chi connectivity index (χ0n) is 37.6. The summed E-state index contributed by atoms with van der Waals surface area (Å²) in [7, 11) is 2.95. The monoisotopic (exact) mass is 917 g/mol. The highest BCUT2D eigenvalue weighted by Crippen LogP contribution is 2.62. The number of aliphatic hydroxyl groups is 2. The van der Waals surface area contributed by atoms with E-state index in [0.29, 0.717) is 77.4 Å². The maximum absolute atomic E-state index is 15.0. The SMILES string of the molecule is C=CCO[C@@]12Oc3ccc(Oc4ccc(OC)c(C=O)c4)cc3[C@H]3[C@H](CCCCO)[C@@H](CCCCO)C=C(C(=NOC)C[C@@H]1N(Cc1ccc(F)cc1)C(=O)C=Cc1ccc([N+](=O)[O-])cc1)[C@H]32. The van der Waals surface area contributed by atoms with E-state index in [1.165, 1.54) is 44.6 Å². The molecule has 0 spiro atoms. The van der Waals surface area contributed by atoms with Gasteiger partial charge in [0.25, 0.3) is 5.69 Å². The highest BCUT2D eigenvalue weighted by molar-refractivity contribution is 6.03. The van der Waals surface area contributed by atoms with Crippen LogP contribution in [0.2, 0.25) is 0 Å². The first kappa shape index (κ1) is 48.3. The van der Waals surface area contributed by atoms with E-state index in [4.69, 9.17) is 23.8 Å². The predicted octanol–water partition coefficient (Wildman–Crippen LogP) is 9.35. The van der Waals surface area contributed by atoms with Crippen LogP contribution in [-0.4, -0.2) is 83.8 Å². The zero-order chi connectivity index (χ0) is 47.5. The van der Waals surface area contributed by atoms with Crippen molar-refractivity contribution in [3.8, 4) is 23.0 Å². The van der Waals surface area contributed by atoms with Crippen molar-refractivity contribution in [1.29, 1.82) is 0 Å². The number of nitro benzene ring substituents is 1. The van der Waals surface area contributed by atoms with Crippen LogP contribution in [0.4, 0.5) is 10.1 Å². The number of oxime groups is 1. The van der Waals surface area contributed by atoms with Crippen molar-refractivity contribution in [1.82, 2.24) is 4.90 Å². The third kappa shape index (κ3) is 10.6. The summed E-state index contributed by atoms with van der Waals surface area (Å²) in [4.78, 5) is 45.1. The summed E-state index contributed by atoms with van der Waals surface area (Å²) in [5.41, 5.74) is 3.65. The molecule has 1 amide bonds. The van der Waals surface area contributed by atoms with Crippen molar-refractivity contribution in [3.05, 3.63) is 153 Å². The number of hydrogen-bond acceptors (Lipinski definition) is 12. The number of unbranched alkanes of at least 4 members (excludes halogenated alkanes) is 2. The van der Waals surface area contributed by atoms with Crippen LogP contribution >= 0.6 is 0 Å². The van der Waals surface area contributed by atoms with Gasteiger partial charge in [-0.3, -0.25) is 19.7 Å². The number of carbonyl (C=O) groups is 2. The molecule has 1 fully saturated rings. The number of halogens is 1. The summed E-state index contributed by atoms with van der Waals surface area (Å²) in [6.07, 6.45) is 11.8. The lowest BCUT2D eigenvalue weighted by Gasteiger charge is -2.60. The molecule has 4 aromatic carbocycles. The lowest BCUT2D eigenvalue weighted by molar-refractivity contribution is -0.384. The average Bonchev–Trinajstić information content (AvgIpc) is 3.34. The molecular formula is C52H56FN3O11. The Morgan fingerprint density at radius 2 is 1.70 bits per heavy atom. The number of non-ortho nitro benzene ring substituents is 1. The summed E-state index contributed by atoms with van der Waals surface area (Å²) < 4.78 is 40.6. The Kier molecular flexibility index (Phi) is 16.0. The minimum Gasteiger partial charge on any atom is -0.496 e. The smallest absolute Gasteiger partial charge is 0.269 e. The number of nitro groups is 1. The van der Waals surface area contributed by atoms with Crippen molar-refractivity contribution in [3.63, 3.8) is 0 Å².